The number of nitrogens with one attached hydrogen (secondary N) is 1. The number of anilines is 1. The molecule has 10 nitrogen and oxygen atoms in total. The molecule has 7 rings (SSSR count). The van der Waals surface area contributed by atoms with E-state index in [-0.39, 0.29) is 46.8 Å². The second-order valence-corrected chi connectivity index (χ2v) is 17.2. The number of allylic oxidation sites excluding steroid dienone is 1. The molecule has 2 aromatic rings. The van der Waals surface area contributed by atoms with Crippen LogP contribution in [0.2, 0.25) is 5.02 Å². The van der Waals surface area contributed by atoms with Gasteiger partial charge in [0.15, 0.2) is 11.6 Å². The van der Waals surface area contributed by atoms with Crippen LogP contribution >= 0.6 is 11.6 Å². The molecular weight excluding hydrogens is 664 g/mol. The van der Waals surface area contributed by atoms with Gasteiger partial charge in [-0.1, -0.05) is 36.7 Å². The quantitative estimate of drug-likeness (QED) is 0.389. The number of pyridine rings is 1. The first-order chi connectivity index (χ1) is 23.6. The van der Waals surface area contributed by atoms with Gasteiger partial charge < -0.3 is 19.1 Å². The summed E-state index contributed by atoms with van der Waals surface area (Å²) in [6.07, 6.45) is 10.9. The highest BCUT2D eigenvalue weighted by Gasteiger charge is 2.45. The number of amides is 2. The normalized spacial score (nSPS) is 34.9. The molecule has 1 aromatic carbocycles. The number of methoxy groups -OCH3 is 2. The average molecular weight is 711 g/mol. The second kappa shape index (κ2) is 14.0. The average Bonchev–Trinajstić information content (AvgIpc) is 3.18. The van der Waals surface area contributed by atoms with Crippen LogP contribution < -0.4 is 14.4 Å². The fourth-order valence-electron chi connectivity index (χ4n) is 8.43. The molecule has 2 amide bonds. The summed E-state index contributed by atoms with van der Waals surface area (Å²) in [4.78, 5) is 34.2. The molecule has 0 saturated heterocycles. The summed E-state index contributed by atoms with van der Waals surface area (Å²) in [5.41, 5.74) is 2.29. The predicted octanol–water partition coefficient (Wildman–Crippen LogP) is 5.91. The van der Waals surface area contributed by atoms with Gasteiger partial charge in [0, 0.05) is 43.7 Å². The zero-order valence-electron chi connectivity index (χ0n) is 28.6. The van der Waals surface area contributed by atoms with Gasteiger partial charge in [0.2, 0.25) is 5.91 Å². The Bertz CT molecular complexity index is 1750. The number of halogens is 1. The predicted molar refractivity (Wildman–Crippen MR) is 189 cm³/mol. The number of fused-ring (bicyclic) bond motifs is 4. The fourth-order valence-corrected chi connectivity index (χ4v) is 10.6. The maximum atomic E-state index is 14.4. The summed E-state index contributed by atoms with van der Waals surface area (Å²) in [6, 6.07) is 9.57. The van der Waals surface area contributed by atoms with E-state index in [0.29, 0.717) is 55.8 Å². The number of carbonyl (C=O) groups is 2. The monoisotopic (exact) mass is 710 g/mol. The molecule has 1 unspecified atom stereocenters. The largest absolute Gasteiger partial charge is 0.489 e. The first-order valence-electron chi connectivity index (χ1n) is 17.6. The van der Waals surface area contributed by atoms with Crippen LogP contribution in [0.5, 0.6) is 5.75 Å². The van der Waals surface area contributed by atoms with Crippen molar-refractivity contribution in [2.45, 2.75) is 75.9 Å². The van der Waals surface area contributed by atoms with Crippen molar-refractivity contribution in [3.63, 3.8) is 0 Å². The van der Waals surface area contributed by atoms with E-state index in [1.54, 1.807) is 26.4 Å². The number of ether oxygens (including phenoxy) is 3. The Morgan fingerprint density at radius 2 is 2.00 bits per heavy atom. The minimum atomic E-state index is -3.46. The zero-order valence-corrected chi connectivity index (χ0v) is 30.1. The lowest BCUT2D eigenvalue weighted by atomic mass is 9.68. The Balaban J connectivity index is 1.28. The van der Waals surface area contributed by atoms with E-state index < -0.39 is 15.8 Å². The number of nitrogens with zero attached hydrogens (tertiary/aromatic N) is 3. The van der Waals surface area contributed by atoms with Gasteiger partial charge in [-0.15, -0.1) is 4.36 Å². The van der Waals surface area contributed by atoms with Crippen molar-refractivity contribution >= 4 is 39.1 Å². The molecular formula is C37H47ClN4O6S. The van der Waals surface area contributed by atoms with E-state index in [0.717, 1.165) is 43.7 Å². The summed E-state index contributed by atoms with van der Waals surface area (Å²) in [5.74, 6) is 0.384. The molecule has 1 N–H and O–H groups in total. The van der Waals surface area contributed by atoms with Crippen LogP contribution in [0.3, 0.4) is 0 Å². The van der Waals surface area contributed by atoms with E-state index in [4.69, 9.17) is 30.8 Å². The lowest BCUT2D eigenvalue weighted by molar-refractivity contribution is -0.130. The van der Waals surface area contributed by atoms with Gasteiger partial charge >= 0.3 is 5.91 Å². The Morgan fingerprint density at radius 1 is 1.16 bits per heavy atom. The zero-order chi connectivity index (χ0) is 34.3. The van der Waals surface area contributed by atoms with Crippen LogP contribution in [0.15, 0.2) is 46.8 Å². The third-order valence-corrected chi connectivity index (χ3v) is 13.6. The van der Waals surface area contributed by atoms with Crippen molar-refractivity contribution in [1.82, 2.24) is 9.71 Å². The van der Waals surface area contributed by atoms with Gasteiger partial charge in [0.25, 0.3) is 0 Å². The molecule has 49 heavy (non-hydrogen) atoms. The number of aromatic nitrogens is 1. The third-order valence-electron chi connectivity index (χ3n) is 11.4. The molecule has 6 atom stereocenters. The van der Waals surface area contributed by atoms with Gasteiger partial charge in [-0.3, -0.25) is 14.3 Å². The molecule has 3 aliphatic carbocycles. The highest BCUT2D eigenvalue weighted by molar-refractivity contribution is 7.92. The van der Waals surface area contributed by atoms with Crippen LogP contribution in [-0.4, -0.2) is 72.9 Å². The summed E-state index contributed by atoms with van der Waals surface area (Å²) in [7, 11) is -0.0858. The minimum absolute atomic E-state index is 0.00459. The van der Waals surface area contributed by atoms with Gasteiger partial charge in [-0.25, -0.2) is 9.19 Å². The van der Waals surface area contributed by atoms with Crippen LogP contribution in [0, 0.1) is 23.7 Å². The number of hydrogen-bond donors (Lipinski definition) is 1. The van der Waals surface area contributed by atoms with Gasteiger partial charge in [0.05, 0.1) is 24.6 Å². The van der Waals surface area contributed by atoms with E-state index in [1.165, 1.54) is 11.1 Å². The van der Waals surface area contributed by atoms with E-state index in [9.17, 15) is 13.8 Å². The number of aryl methyl sites for hydroxylation is 1. The molecule has 5 aliphatic rings. The molecule has 2 fully saturated rings. The van der Waals surface area contributed by atoms with Crippen LogP contribution in [0.25, 0.3) is 0 Å². The van der Waals surface area contributed by atoms with Crippen LogP contribution in [0.1, 0.15) is 73.5 Å². The lowest BCUT2D eigenvalue weighted by Gasteiger charge is -2.45. The number of hydrogen-bond acceptors (Lipinski definition) is 8. The highest BCUT2D eigenvalue weighted by atomic mass is 35.5. The fraction of sp³-hybridized carbons (Fsp3) is 0.595. The maximum absolute atomic E-state index is 14.4. The molecule has 2 aliphatic heterocycles. The molecule has 2 saturated carbocycles. The molecule has 1 spiro atoms. The summed E-state index contributed by atoms with van der Waals surface area (Å²) >= 11 is 6.44. The summed E-state index contributed by atoms with van der Waals surface area (Å²) in [5, 5.41) is 0.734. The SMILES string of the molecule is COC1CC(C(=O)NS2(=O)=NC(=O)c3ccc4c(n3)N(C[C@@H]3CC[C@H]3[C@@H](OC)/C=C\C[C@H](C)C2)C[C@@]2(CCCc3cc(Cl)ccc32)CO4)C1. The van der Waals surface area contributed by atoms with Gasteiger partial charge in [-0.05, 0) is 105 Å². The first-order valence-corrected chi connectivity index (χ1v) is 19.7. The van der Waals surface area contributed by atoms with Crippen molar-refractivity contribution in [2.75, 3.05) is 44.6 Å². The molecule has 12 heteroatoms. The van der Waals surface area contributed by atoms with Crippen molar-refractivity contribution < 1.29 is 28.0 Å². The summed E-state index contributed by atoms with van der Waals surface area (Å²) in [6.45, 7) is 3.83. The van der Waals surface area contributed by atoms with Gasteiger partial charge in [-0.2, -0.15) is 0 Å². The minimum Gasteiger partial charge on any atom is -0.489 e. The number of carbonyl (C=O) groups excluding carboxylic acids is 2. The van der Waals surface area contributed by atoms with Crippen molar-refractivity contribution in [2.24, 2.45) is 28.0 Å². The smallest absolute Gasteiger partial charge is 0.305 e. The molecule has 1 aromatic heterocycles. The molecule has 2 bridgehead atoms. The number of rotatable bonds is 4. The first kappa shape index (κ1) is 34.5. The Morgan fingerprint density at radius 3 is 2.76 bits per heavy atom. The Kier molecular flexibility index (Phi) is 9.82. The van der Waals surface area contributed by atoms with E-state index in [2.05, 4.69) is 38.3 Å². The highest BCUT2D eigenvalue weighted by Crippen LogP contribution is 2.46. The standard InChI is InChI=1S/C37H47ClN4O6S/c1-23-6-4-8-32(47-3)29-11-9-25(29)19-42-21-37(15-5-7-24-16-27(38)10-12-30(24)37)22-48-33-14-13-31(39-34(33)42)36(44)41-49(45,20-23)40-35(43)26-17-28(18-26)46-2/h4,8,10,12-14,16,23,25-26,28-29,32H,5-7,9,11,15,17-22H2,1-3H3,(H,40,41,43,44,45)/b8-4-/t23-,25-,26?,28?,29+,32-,37-,49?/m0/s1. The van der Waals surface area contributed by atoms with Crippen molar-refractivity contribution in [3.05, 3.63) is 64.3 Å². The molecule has 0 radical (unpaired) electrons. The maximum Gasteiger partial charge on any atom is 0.305 e. The van der Waals surface area contributed by atoms with Gasteiger partial charge in [0.1, 0.15) is 15.6 Å². The lowest BCUT2D eigenvalue weighted by Crippen LogP contribution is -2.49. The van der Waals surface area contributed by atoms with Crippen molar-refractivity contribution in [3.8, 4) is 5.75 Å². The molecule has 264 valence electrons. The second-order valence-electron chi connectivity index (χ2n) is 14.8. The Labute approximate surface area is 294 Å². The molecule has 3 heterocycles. The third kappa shape index (κ3) is 7.01. The summed E-state index contributed by atoms with van der Waals surface area (Å²) < 4.78 is 39.3. The van der Waals surface area contributed by atoms with Crippen molar-refractivity contribution in [1.29, 1.82) is 0 Å². The van der Waals surface area contributed by atoms with E-state index >= 15 is 0 Å². The van der Waals surface area contributed by atoms with Crippen LogP contribution in [0.4, 0.5) is 5.82 Å². The number of benzene rings is 1. The van der Waals surface area contributed by atoms with Crippen LogP contribution in [-0.2, 0) is 36.0 Å². The van der Waals surface area contributed by atoms with E-state index in [1.807, 2.05) is 13.0 Å². The Hall–Kier alpha value is -2.99. The topological polar surface area (TPSA) is 119 Å².